The Morgan fingerprint density at radius 1 is 1.00 bits per heavy atom. The van der Waals surface area contributed by atoms with Crippen molar-refractivity contribution in [3.05, 3.63) is 29.3 Å². The number of carbonyl (C=O) groups excluding carboxylic acids is 3. The molecule has 0 bridgehead atoms. The minimum atomic E-state index is -0.591. The highest BCUT2D eigenvalue weighted by Crippen LogP contribution is 2.29. The first-order valence-electron chi connectivity index (χ1n) is 10.8. The molecule has 1 aromatic carbocycles. The summed E-state index contributed by atoms with van der Waals surface area (Å²) in [6.07, 6.45) is 1.93. The van der Waals surface area contributed by atoms with Gasteiger partial charge in [0, 0.05) is 44.3 Å². The molecule has 2 aliphatic heterocycles. The average Bonchev–Trinajstić information content (AvgIpc) is 3.11. The van der Waals surface area contributed by atoms with E-state index >= 15 is 0 Å². The van der Waals surface area contributed by atoms with Crippen LogP contribution in [0, 0.1) is 25.7 Å². The number of anilines is 1. The first-order valence-corrected chi connectivity index (χ1v) is 10.8. The van der Waals surface area contributed by atoms with Crippen LogP contribution in [0.2, 0.25) is 0 Å². The minimum Gasteiger partial charge on any atom is -0.343 e. The largest absolute Gasteiger partial charge is 0.343 e. The topological polar surface area (TPSA) is 60.9 Å². The van der Waals surface area contributed by atoms with E-state index in [1.54, 1.807) is 9.80 Å². The molecule has 2 heterocycles. The summed E-state index contributed by atoms with van der Waals surface area (Å²) in [6, 6.07) is 5.99. The fraction of sp³-hybridized carbons (Fsp3) is 0.609. The molecule has 158 valence electrons. The van der Waals surface area contributed by atoms with Crippen molar-refractivity contribution >= 4 is 23.4 Å². The van der Waals surface area contributed by atoms with E-state index in [4.69, 9.17) is 0 Å². The van der Waals surface area contributed by atoms with Crippen LogP contribution in [0.25, 0.3) is 0 Å². The van der Waals surface area contributed by atoms with Crippen molar-refractivity contribution in [1.82, 2.24) is 9.80 Å². The molecule has 0 aromatic heterocycles. The molecule has 2 fully saturated rings. The SMILES string of the molecule is CCN(CC)C(=O)C1CCN(C(=O)C2CCN(c3ccc(C)c(C)c3)C2=O)CC1. The molecule has 1 aromatic rings. The van der Waals surface area contributed by atoms with Gasteiger partial charge >= 0.3 is 0 Å². The van der Waals surface area contributed by atoms with E-state index < -0.39 is 5.92 Å². The Labute approximate surface area is 173 Å². The molecular formula is C23H33N3O3. The molecule has 3 amide bonds. The van der Waals surface area contributed by atoms with E-state index in [-0.39, 0.29) is 23.6 Å². The summed E-state index contributed by atoms with van der Waals surface area (Å²) < 4.78 is 0. The second kappa shape index (κ2) is 8.97. The lowest BCUT2D eigenvalue weighted by atomic mass is 9.94. The van der Waals surface area contributed by atoms with Crippen LogP contribution in [0.4, 0.5) is 5.69 Å². The predicted octanol–water partition coefficient (Wildman–Crippen LogP) is 2.76. The Balaban J connectivity index is 1.60. The van der Waals surface area contributed by atoms with Gasteiger partial charge in [-0.1, -0.05) is 6.07 Å². The second-order valence-corrected chi connectivity index (χ2v) is 8.21. The van der Waals surface area contributed by atoms with Gasteiger partial charge in [0.15, 0.2) is 0 Å². The maximum Gasteiger partial charge on any atom is 0.239 e. The highest BCUT2D eigenvalue weighted by Gasteiger charge is 2.41. The fourth-order valence-corrected chi connectivity index (χ4v) is 4.42. The number of likely N-dealkylation sites (tertiary alicyclic amines) is 1. The van der Waals surface area contributed by atoms with Crippen LogP contribution in [-0.4, -0.2) is 60.2 Å². The van der Waals surface area contributed by atoms with Crippen molar-refractivity contribution in [2.45, 2.75) is 47.0 Å². The maximum absolute atomic E-state index is 13.0. The molecule has 0 N–H and O–H groups in total. The van der Waals surface area contributed by atoms with E-state index in [9.17, 15) is 14.4 Å². The van der Waals surface area contributed by atoms with E-state index in [1.165, 1.54) is 5.56 Å². The summed E-state index contributed by atoms with van der Waals surface area (Å²) in [7, 11) is 0. The Kier molecular flexibility index (Phi) is 6.60. The van der Waals surface area contributed by atoms with E-state index in [1.807, 2.05) is 50.8 Å². The van der Waals surface area contributed by atoms with Gasteiger partial charge in [0.1, 0.15) is 5.92 Å². The maximum atomic E-state index is 13.0. The molecule has 2 aliphatic rings. The van der Waals surface area contributed by atoms with Gasteiger partial charge in [0.2, 0.25) is 17.7 Å². The number of nitrogens with zero attached hydrogens (tertiary/aromatic N) is 3. The van der Waals surface area contributed by atoms with E-state index in [2.05, 4.69) is 0 Å². The third kappa shape index (κ3) is 4.31. The quantitative estimate of drug-likeness (QED) is 0.716. The van der Waals surface area contributed by atoms with Crippen LogP contribution in [0.5, 0.6) is 0 Å². The predicted molar refractivity (Wildman–Crippen MR) is 114 cm³/mol. The highest BCUT2D eigenvalue weighted by molar-refractivity contribution is 6.09. The normalized spacial score (nSPS) is 20.3. The van der Waals surface area contributed by atoms with Gasteiger partial charge < -0.3 is 14.7 Å². The molecule has 0 spiro atoms. The van der Waals surface area contributed by atoms with Crippen LogP contribution < -0.4 is 4.90 Å². The fourth-order valence-electron chi connectivity index (χ4n) is 4.42. The highest BCUT2D eigenvalue weighted by atomic mass is 16.2. The summed E-state index contributed by atoms with van der Waals surface area (Å²) in [6.45, 7) is 11.2. The standard InChI is InChI=1S/C23H33N3O3/c1-5-24(6-2)21(27)18-9-12-25(13-10-18)22(28)20-11-14-26(23(20)29)19-8-7-16(3)17(4)15-19/h7-8,15,18,20H,5-6,9-14H2,1-4H3. The van der Waals surface area contributed by atoms with Crippen molar-refractivity contribution in [2.24, 2.45) is 11.8 Å². The molecule has 0 saturated carbocycles. The van der Waals surface area contributed by atoms with Crippen molar-refractivity contribution in [3.63, 3.8) is 0 Å². The monoisotopic (exact) mass is 399 g/mol. The number of carbonyl (C=O) groups is 3. The summed E-state index contributed by atoms with van der Waals surface area (Å²) in [5.41, 5.74) is 3.21. The first-order chi connectivity index (χ1) is 13.9. The Morgan fingerprint density at radius 3 is 2.24 bits per heavy atom. The number of hydrogen-bond donors (Lipinski definition) is 0. The number of benzene rings is 1. The zero-order valence-corrected chi connectivity index (χ0v) is 18.1. The molecule has 0 radical (unpaired) electrons. The number of aryl methyl sites for hydroxylation is 2. The van der Waals surface area contributed by atoms with Gasteiger partial charge in [-0.15, -0.1) is 0 Å². The van der Waals surface area contributed by atoms with Crippen LogP contribution in [0.3, 0.4) is 0 Å². The third-order valence-corrected chi connectivity index (χ3v) is 6.54. The van der Waals surface area contributed by atoms with Gasteiger partial charge in [-0.2, -0.15) is 0 Å². The van der Waals surface area contributed by atoms with Gasteiger partial charge in [0.25, 0.3) is 0 Å². The first kappa shape index (κ1) is 21.3. The summed E-state index contributed by atoms with van der Waals surface area (Å²) in [4.78, 5) is 43.9. The molecule has 29 heavy (non-hydrogen) atoms. The zero-order valence-electron chi connectivity index (χ0n) is 18.1. The second-order valence-electron chi connectivity index (χ2n) is 8.21. The van der Waals surface area contributed by atoms with Gasteiger partial charge in [-0.25, -0.2) is 0 Å². The number of rotatable bonds is 5. The molecule has 1 atom stereocenters. The van der Waals surface area contributed by atoms with Crippen LogP contribution in [0.1, 0.15) is 44.2 Å². The van der Waals surface area contributed by atoms with Crippen molar-refractivity contribution in [2.75, 3.05) is 37.6 Å². The molecule has 6 heteroatoms. The van der Waals surface area contributed by atoms with E-state index in [0.29, 0.717) is 38.9 Å². The average molecular weight is 400 g/mol. The number of hydrogen-bond acceptors (Lipinski definition) is 3. The van der Waals surface area contributed by atoms with E-state index in [0.717, 1.165) is 24.3 Å². The zero-order chi connectivity index (χ0) is 21.1. The molecule has 6 nitrogen and oxygen atoms in total. The Bertz CT molecular complexity index is 780. The smallest absolute Gasteiger partial charge is 0.239 e. The van der Waals surface area contributed by atoms with Crippen molar-refractivity contribution in [1.29, 1.82) is 0 Å². The van der Waals surface area contributed by atoms with Crippen LogP contribution in [-0.2, 0) is 14.4 Å². The lowest BCUT2D eigenvalue weighted by Gasteiger charge is -2.34. The third-order valence-electron chi connectivity index (χ3n) is 6.54. The lowest BCUT2D eigenvalue weighted by Crippen LogP contribution is -2.47. The molecular weight excluding hydrogens is 366 g/mol. The summed E-state index contributed by atoms with van der Waals surface area (Å²) >= 11 is 0. The van der Waals surface area contributed by atoms with Crippen molar-refractivity contribution in [3.8, 4) is 0 Å². The summed E-state index contributed by atoms with van der Waals surface area (Å²) in [5.74, 6) is -0.577. The van der Waals surface area contributed by atoms with Gasteiger partial charge in [0.05, 0.1) is 0 Å². The van der Waals surface area contributed by atoms with Crippen LogP contribution in [0.15, 0.2) is 18.2 Å². The van der Waals surface area contributed by atoms with Crippen molar-refractivity contribution < 1.29 is 14.4 Å². The molecule has 3 rings (SSSR count). The van der Waals surface area contributed by atoms with Gasteiger partial charge in [-0.05, 0) is 70.2 Å². The summed E-state index contributed by atoms with van der Waals surface area (Å²) in [5, 5.41) is 0. The number of amides is 3. The molecule has 1 unspecified atom stereocenters. The Hall–Kier alpha value is -2.37. The Morgan fingerprint density at radius 2 is 1.66 bits per heavy atom. The molecule has 2 saturated heterocycles. The lowest BCUT2D eigenvalue weighted by molar-refractivity contribution is -0.144. The number of piperidine rings is 1. The minimum absolute atomic E-state index is 0.00902. The molecule has 0 aliphatic carbocycles. The van der Waals surface area contributed by atoms with Gasteiger partial charge in [-0.3, -0.25) is 14.4 Å². The van der Waals surface area contributed by atoms with Crippen LogP contribution >= 0.6 is 0 Å².